The van der Waals surface area contributed by atoms with Crippen molar-refractivity contribution in [2.24, 2.45) is 0 Å². The molecule has 0 spiro atoms. The third-order valence-electron chi connectivity index (χ3n) is 5.58. The van der Waals surface area contributed by atoms with Gasteiger partial charge in [0, 0.05) is 31.3 Å². The van der Waals surface area contributed by atoms with Crippen LogP contribution in [-0.2, 0) is 33.0 Å². The van der Waals surface area contributed by atoms with Crippen LogP contribution in [0.1, 0.15) is 41.8 Å². The van der Waals surface area contributed by atoms with Gasteiger partial charge in [-0.3, -0.25) is 0 Å². The Balaban J connectivity index is 1.71. The third-order valence-corrected chi connectivity index (χ3v) is 7.82. The van der Waals surface area contributed by atoms with E-state index < -0.39 is 38.8 Å². The molecule has 0 saturated heterocycles. The minimum atomic E-state index is -4.71. The van der Waals surface area contributed by atoms with Crippen LogP contribution in [0.3, 0.4) is 0 Å². The third kappa shape index (κ3) is 6.00. The van der Waals surface area contributed by atoms with Crippen molar-refractivity contribution in [1.29, 1.82) is 0 Å². The summed E-state index contributed by atoms with van der Waals surface area (Å²) < 4.78 is 77.6. The van der Waals surface area contributed by atoms with E-state index in [2.05, 4.69) is 30.3 Å². The lowest BCUT2D eigenvalue weighted by molar-refractivity contribution is -0.142. The standard InChI is InChI=1S/C22H21ClF3N7O4S/c1-12-5-4-6-16(29-12)21-31-30-18(33(21)10-15-7-17(32-37-15)22(24,25)26)11-38(34,35)13(2)19(36-3)20-27-8-14(23)9-28-20/h4-9,13,19H,10-11H2,1-3H3/t13-,19-/m0/s1. The van der Waals surface area contributed by atoms with Crippen LogP contribution >= 0.6 is 11.6 Å². The van der Waals surface area contributed by atoms with Gasteiger partial charge in [0.2, 0.25) is 0 Å². The van der Waals surface area contributed by atoms with E-state index in [1.807, 2.05) is 0 Å². The highest BCUT2D eigenvalue weighted by Gasteiger charge is 2.36. The minimum absolute atomic E-state index is 0.0491. The first-order chi connectivity index (χ1) is 17.9. The predicted octanol–water partition coefficient (Wildman–Crippen LogP) is 3.84. The second kappa shape index (κ2) is 10.7. The van der Waals surface area contributed by atoms with Crippen LogP contribution in [-0.4, -0.2) is 55.7 Å². The number of sulfone groups is 1. The van der Waals surface area contributed by atoms with E-state index in [0.29, 0.717) is 11.4 Å². The SMILES string of the molecule is CO[C@H](c1ncc(Cl)cn1)[C@H](C)S(=O)(=O)Cc1nnc(-c2cccc(C)n2)n1Cc1cc(C(F)(F)F)no1. The average molecular weight is 572 g/mol. The van der Waals surface area contributed by atoms with Gasteiger partial charge in [-0.15, -0.1) is 10.2 Å². The molecule has 0 amide bonds. The van der Waals surface area contributed by atoms with E-state index in [1.54, 1.807) is 25.1 Å². The molecule has 0 bridgehead atoms. The zero-order valence-electron chi connectivity index (χ0n) is 20.2. The molecule has 0 radical (unpaired) electrons. The second-order valence-electron chi connectivity index (χ2n) is 8.29. The molecule has 4 aromatic heterocycles. The summed E-state index contributed by atoms with van der Waals surface area (Å²) in [5.41, 5.74) is -0.233. The first-order valence-corrected chi connectivity index (χ1v) is 13.1. The first kappa shape index (κ1) is 27.6. The molecule has 0 unspecified atom stereocenters. The van der Waals surface area contributed by atoms with Gasteiger partial charge in [0.1, 0.15) is 23.4 Å². The largest absolute Gasteiger partial charge is 0.436 e. The van der Waals surface area contributed by atoms with Gasteiger partial charge >= 0.3 is 6.18 Å². The molecule has 0 N–H and O–H groups in total. The molecule has 0 aliphatic carbocycles. The molecule has 0 aliphatic heterocycles. The van der Waals surface area contributed by atoms with Crippen molar-refractivity contribution in [3.63, 3.8) is 0 Å². The smallest absolute Gasteiger partial charge is 0.372 e. The lowest BCUT2D eigenvalue weighted by atomic mass is 10.2. The number of aromatic nitrogens is 7. The van der Waals surface area contributed by atoms with E-state index in [-0.39, 0.29) is 34.8 Å². The van der Waals surface area contributed by atoms with Crippen molar-refractivity contribution in [3.8, 4) is 11.5 Å². The highest BCUT2D eigenvalue weighted by molar-refractivity contribution is 7.91. The van der Waals surface area contributed by atoms with Gasteiger partial charge in [0.15, 0.2) is 32.9 Å². The molecule has 0 aliphatic rings. The predicted molar refractivity (Wildman–Crippen MR) is 127 cm³/mol. The summed E-state index contributed by atoms with van der Waals surface area (Å²) in [6.45, 7) is 2.85. The molecule has 4 aromatic rings. The number of methoxy groups -OCH3 is 1. The normalized spacial score (nSPS) is 14.0. The van der Waals surface area contributed by atoms with E-state index >= 15 is 0 Å². The van der Waals surface area contributed by atoms with Crippen LogP contribution in [0.5, 0.6) is 0 Å². The summed E-state index contributed by atoms with van der Waals surface area (Å²) in [6, 6.07) is 5.80. The topological polar surface area (TPSA) is 139 Å². The van der Waals surface area contributed by atoms with Gasteiger partial charge in [-0.1, -0.05) is 22.8 Å². The van der Waals surface area contributed by atoms with E-state index in [4.69, 9.17) is 20.9 Å². The summed E-state index contributed by atoms with van der Waals surface area (Å²) >= 11 is 5.83. The fourth-order valence-corrected chi connectivity index (χ4v) is 5.16. The fraction of sp³-hybridized carbons (Fsp3) is 0.364. The lowest BCUT2D eigenvalue weighted by Crippen LogP contribution is -2.30. The molecular formula is C22H21ClF3N7O4S. The van der Waals surface area contributed by atoms with Crippen LogP contribution in [0.15, 0.2) is 41.2 Å². The second-order valence-corrected chi connectivity index (χ2v) is 11.1. The monoisotopic (exact) mass is 571 g/mol. The zero-order valence-corrected chi connectivity index (χ0v) is 21.8. The molecule has 0 saturated carbocycles. The van der Waals surface area contributed by atoms with Crippen LogP contribution in [0.4, 0.5) is 13.2 Å². The molecule has 2 atom stereocenters. The number of hydrogen-bond donors (Lipinski definition) is 0. The van der Waals surface area contributed by atoms with Crippen LogP contribution < -0.4 is 0 Å². The first-order valence-electron chi connectivity index (χ1n) is 11.0. The molecule has 0 fully saturated rings. The van der Waals surface area contributed by atoms with Crippen molar-refractivity contribution >= 4 is 21.4 Å². The Hall–Kier alpha value is -3.43. The summed E-state index contributed by atoms with van der Waals surface area (Å²) in [5, 5.41) is 10.3. The summed E-state index contributed by atoms with van der Waals surface area (Å²) in [4.78, 5) is 12.5. The molecular weight excluding hydrogens is 551 g/mol. The van der Waals surface area contributed by atoms with Gasteiger partial charge in [0.25, 0.3) is 0 Å². The van der Waals surface area contributed by atoms with Gasteiger partial charge in [-0.05, 0) is 26.0 Å². The number of halogens is 4. The quantitative estimate of drug-likeness (QED) is 0.291. The number of nitrogens with zero attached hydrogens (tertiary/aromatic N) is 7. The number of hydrogen-bond acceptors (Lipinski definition) is 10. The van der Waals surface area contributed by atoms with Crippen molar-refractivity contribution in [3.05, 3.63) is 70.5 Å². The van der Waals surface area contributed by atoms with Gasteiger partial charge < -0.3 is 13.8 Å². The van der Waals surface area contributed by atoms with Crippen molar-refractivity contribution in [2.75, 3.05) is 7.11 Å². The molecule has 202 valence electrons. The van der Waals surface area contributed by atoms with E-state index in [1.165, 1.54) is 31.0 Å². The summed E-state index contributed by atoms with van der Waals surface area (Å²) in [5.74, 6) is -0.601. The van der Waals surface area contributed by atoms with Gasteiger partial charge in [-0.2, -0.15) is 13.2 Å². The summed E-state index contributed by atoms with van der Waals surface area (Å²) in [7, 11) is -2.68. The van der Waals surface area contributed by atoms with Crippen molar-refractivity contribution in [1.82, 2.24) is 34.9 Å². The Kier molecular flexibility index (Phi) is 7.80. The maximum atomic E-state index is 13.4. The Morgan fingerprint density at radius 2 is 1.89 bits per heavy atom. The maximum absolute atomic E-state index is 13.4. The van der Waals surface area contributed by atoms with Crippen LogP contribution in [0, 0.1) is 6.92 Å². The number of pyridine rings is 1. The zero-order chi connectivity index (χ0) is 27.7. The van der Waals surface area contributed by atoms with Crippen LogP contribution in [0.25, 0.3) is 11.5 Å². The summed E-state index contributed by atoms with van der Waals surface area (Å²) in [6.07, 6.45) is -3.11. The average Bonchev–Trinajstić information content (AvgIpc) is 3.48. The highest BCUT2D eigenvalue weighted by Crippen LogP contribution is 2.30. The van der Waals surface area contributed by atoms with Crippen molar-refractivity contribution < 1.29 is 30.8 Å². The van der Waals surface area contributed by atoms with Gasteiger partial charge in [0.05, 0.1) is 16.8 Å². The highest BCUT2D eigenvalue weighted by atomic mass is 35.5. The number of alkyl halides is 3. The molecule has 0 aromatic carbocycles. The lowest BCUT2D eigenvalue weighted by Gasteiger charge is -2.21. The molecule has 4 rings (SSSR count). The molecule has 4 heterocycles. The maximum Gasteiger partial charge on any atom is 0.436 e. The van der Waals surface area contributed by atoms with Crippen LogP contribution in [0.2, 0.25) is 5.02 Å². The Labute approximate surface area is 220 Å². The molecule has 11 nitrogen and oxygen atoms in total. The Morgan fingerprint density at radius 1 is 1.18 bits per heavy atom. The Bertz CT molecular complexity index is 1520. The van der Waals surface area contributed by atoms with Crippen molar-refractivity contribution in [2.45, 2.75) is 43.7 Å². The minimum Gasteiger partial charge on any atom is -0.372 e. The fourth-order valence-electron chi connectivity index (χ4n) is 3.62. The van der Waals surface area contributed by atoms with E-state index in [0.717, 1.165) is 6.07 Å². The molecule has 16 heteroatoms. The number of ether oxygens (including phenoxy) is 1. The number of aryl methyl sites for hydroxylation is 1. The Morgan fingerprint density at radius 3 is 2.50 bits per heavy atom. The van der Waals surface area contributed by atoms with E-state index in [9.17, 15) is 21.6 Å². The van der Waals surface area contributed by atoms with Gasteiger partial charge in [-0.25, -0.2) is 23.4 Å². The molecule has 38 heavy (non-hydrogen) atoms. The number of rotatable bonds is 9.